The summed E-state index contributed by atoms with van der Waals surface area (Å²) in [5, 5.41) is 6.93. The molecule has 2 aliphatic heterocycles. The molecule has 2 N–H and O–H groups in total. The fourth-order valence-corrected chi connectivity index (χ4v) is 3.61. The van der Waals surface area contributed by atoms with E-state index < -0.39 is 0 Å². The Bertz CT molecular complexity index is 758. The third-order valence-electron chi connectivity index (χ3n) is 4.64. The lowest BCUT2D eigenvalue weighted by molar-refractivity contribution is 1.23. The molecule has 3 aliphatic rings. The summed E-state index contributed by atoms with van der Waals surface area (Å²) in [6.45, 7) is 1.86. The van der Waals surface area contributed by atoms with Crippen LogP contribution in [0, 0.1) is 0 Å². The molecule has 0 saturated heterocycles. The second-order valence-corrected chi connectivity index (χ2v) is 5.94. The monoisotopic (exact) mass is 272 g/mol. The highest BCUT2D eigenvalue weighted by Gasteiger charge is 2.22. The lowest BCUT2D eigenvalue weighted by atomic mass is 9.97. The second-order valence-electron chi connectivity index (χ2n) is 5.94. The van der Waals surface area contributed by atoms with Crippen molar-refractivity contribution in [3.63, 3.8) is 0 Å². The molecule has 0 amide bonds. The molecular weight excluding hydrogens is 256 g/mol. The van der Waals surface area contributed by atoms with E-state index in [0.717, 1.165) is 19.5 Å². The molecule has 0 saturated carbocycles. The maximum absolute atomic E-state index is 3.46. The number of fused-ring (bicyclic) bond motifs is 5. The highest BCUT2D eigenvalue weighted by atomic mass is 14.9. The quantitative estimate of drug-likeness (QED) is 0.643. The lowest BCUT2D eigenvalue weighted by Gasteiger charge is -2.16. The topological polar surface area (TPSA) is 24.1 Å². The van der Waals surface area contributed by atoms with Crippen molar-refractivity contribution < 1.29 is 0 Å². The number of nitrogens with one attached hydrogen (secondary N) is 2. The van der Waals surface area contributed by atoms with E-state index in [0.29, 0.717) is 0 Å². The normalized spacial score (nSPS) is 16.4. The molecule has 0 fully saturated rings. The van der Waals surface area contributed by atoms with Crippen LogP contribution in [0.1, 0.15) is 22.3 Å². The van der Waals surface area contributed by atoms with Gasteiger partial charge in [-0.15, -0.1) is 0 Å². The van der Waals surface area contributed by atoms with Crippen LogP contribution in [-0.2, 0) is 6.42 Å². The van der Waals surface area contributed by atoms with Gasteiger partial charge in [0.2, 0.25) is 0 Å². The van der Waals surface area contributed by atoms with Crippen molar-refractivity contribution in [1.82, 2.24) is 0 Å². The van der Waals surface area contributed by atoms with Gasteiger partial charge in [-0.25, -0.2) is 0 Å². The van der Waals surface area contributed by atoms with Crippen LogP contribution < -0.4 is 10.6 Å². The first-order valence-electron chi connectivity index (χ1n) is 7.53. The molecule has 102 valence electrons. The molecule has 2 aromatic rings. The Morgan fingerprint density at radius 2 is 1.19 bits per heavy atom. The average Bonchev–Trinajstić information content (AvgIpc) is 2.87. The van der Waals surface area contributed by atoms with Crippen LogP contribution in [-0.4, -0.2) is 13.1 Å². The third kappa shape index (κ3) is 1.59. The maximum Gasteiger partial charge on any atom is 0.0419 e. The second kappa shape index (κ2) is 4.01. The molecule has 0 radical (unpaired) electrons. The smallest absolute Gasteiger partial charge is 0.0419 e. The Kier molecular flexibility index (Phi) is 2.14. The minimum absolute atomic E-state index is 0.932. The predicted molar refractivity (Wildman–Crippen MR) is 89.7 cm³/mol. The van der Waals surface area contributed by atoms with E-state index in [1.807, 2.05) is 0 Å². The molecular formula is C19H16N2. The van der Waals surface area contributed by atoms with Crippen LogP contribution in [0.25, 0.3) is 23.3 Å². The number of hydrogen-bond acceptors (Lipinski definition) is 2. The third-order valence-corrected chi connectivity index (χ3v) is 4.64. The van der Waals surface area contributed by atoms with Gasteiger partial charge in [0.05, 0.1) is 0 Å². The summed E-state index contributed by atoms with van der Waals surface area (Å²) in [6.07, 6.45) is 9.87. The van der Waals surface area contributed by atoms with Crippen LogP contribution in [0.3, 0.4) is 0 Å². The largest absolute Gasteiger partial charge is 0.381 e. The van der Waals surface area contributed by atoms with Crippen molar-refractivity contribution >= 4 is 23.5 Å². The molecule has 2 heteroatoms. The van der Waals surface area contributed by atoms with Gasteiger partial charge in [-0.05, 0) is 64.1 Å². The Labute approximate surface area is 124 Å². The fourth-order valence-electron chi connectivity index (χ4n) is 3.61. The van der Waals surface area contributed by atoms with Gasteiger partial charge in [-0.2, -0.15) is 0 Å². The van der Waals surface area contributed by atoms with Crippen molar-refractivity contribution in [2.45, 2.75) is 6.42 Å². The number of benzene rings is 2. The van der Waals surface area contributed by atoms with Gasteiger partial charge < -0.3 is 10.6 Å². The zero-order chi connectivity index (χ0) is 13.8. The van der Waals surface area contributed by atoms with E-state index in [4.69, 9.17) is 0 Å². The standard InChI is InChI=1S/C19H16N2/c1-3-12-8-16-14(10-18(12)20-5-1)7-15-11-19-13(9-17(15)16)4-2-6-21-19/h1-4,8-11,20-21H,5-7H2. The van der Waals surface area contributed by atoms with Gasteiger partial charge in [-0.1, -0.05) is 24.3 Å². The molecule has 2 nitrogen and oxygen atoms in total. The van der Waals surface area contributed by atoms with E-state index in [1.165, 1.54) is 44.8 Å². The van der Waals surface area contributed by atoms with Crippen LogP contribution in [0.2, 0.25) is 0 Å². The zero-order valence-corrected chi connectivity index (χ0v) is 11.7. The zero-order valence-electron chi connectivity index (χ0n) is 11.7. The number of hydrogen-bond donors (Lipinski definition) is 2. The van der Waals surface area contributed by atoms with Crippen LogP contribution in [0.4, 0.5) is 11.4 Å². The molecule has 0 atom stereocenters. The molecule has 0 spiro atoms. The molecule has 0 unspecified atom stereocenters. The van der Waals surface area contributed by atoms with Crippen molar-refractivity contribution in [1.29, 1.82) is 0 Å². The lowest BCUT2D eigenvalue weighted by Crippen LogP contribution is -2.05. The van der Waals surface area contributed by atoms with Gasteiger partial charge >= 0.3 is 0 Å². The van der Waals surface area contributed by atoms with Crippen molar-refractivity contribution in [2.75, 3.05) is 23.7 Å². The summed E-state index contributed by atoms with van der Waals surface area (Å²) in [7, 11) is 0. The van der Waals surface area contributed by atoms with Gasteiger partial charge in [0.25, 0.3) is 0 Å². The number of anilines is 2. The Morgan fingerprint density at radius 3 is 1.71 bits per heavy atom. The van der Waals surface area contributed by atoms with Crippen LogP contribution in [0.15, 0.2) is 36.4 Å². The minimum Gasteiger partial charge on any atom is -0.381 e. The van der Waals surface area contributed by atoms with Gasteiger partial charge in [0, 0.05) is 24.5 Å². The summed E-state index contributed by atoms with van der Waals surface area (Å²) < 4.78 is 0. The molecule has 1 aliphatic carbocycles. The van der Waals surface area contributed by atoms with Crippen molar-refractivity contribution in [3.05, 3.63) is 58.7 Å². The fraction of sp³-hybridized carbons (Fsp3) is 0.158. The first-order chi connectivity index (χ1) is 10.4. The predicted octanol–water partition coefficient (Wildman–Crippen LogP) is 4.14. The van der Waals surface area contributed by atoms with E-state index in [2.05, 4.69) is 59.2 Å². The highest BCUT2D eigenvalue weighted by Crippen LogP contribution is 2.42. The Hall–Kier alpha value is -2.48. The van der Waals surface area contributed by atoms with Gasteiger partial charge in [-0.3, -0.25) is 0 Å². The summed E-state index contributed by atoms with van der Waals surface area (Å²) >= 11 is 0. The molecule has 0 aromatic heterocycles. The molecule has 21 heavy (non-hydrogen) atoms. The molecule has 2 aromatic carbocycles. The molecule has 5 rings (SSSR count). The van der Waals surface area contributed by atoms with Crippen molar-refractivity contribution in [3.8, 4) is 11.1 Å². The highest BCUT2D eigenvalue weighted by molar-refractivity contribution is 5.87. The van der Waals surface area contributed by atoms with Gasteiger partial charge in [0.15, 0.2) is 0 Å². The van der Waals surface area contributed by atoms with Crippen LogP contribution in [0.5, 0.6) is 0 Å². The van der Waals surface area contributed by atoms with E-state index in [9.17, 15) is 0 Å². The summed E-state index contributed by atoms with van der Waals surface area (Å²) in [4.78, 5) is 0. The first-order valence-corrected chi connectivity index (χ1v) is 7.53. The average molecular weight is 272 g/mol. The summed E-state index contributed by atoms with van der Waals surface area (Å²) in [5.41, 5.74) is 10.8. The molecule has 0 bridgehead atoms. The maximum atomic E-state index is 3.46. The van der Waals surface area contributed by atoms with Crippen LogP contribution >= 0.6 is 0 Å². The Balaban J connectivity index is 1.72. The van der Waals surface area contributed by atoms with E-state index >= 15 is 0 Å². The van der Waals surface area contributed by atoms with Gasteiger partial charge in [0.1, 0.15) is 0 Å². The number of rotatable bonds is 0. The molecule has 2 heterocycles. The summed E-state index contributed by atoms with van der Waals surface area (Å²) in [5.74, 6) is 0. The Morgan fingerprint density at radius 1 is 0.667 bits per heavy atom. The van der Waals surface area contributed by atoms with Crippen molar-refractivity contribution in [2.24, 2.45) is 0 Å². The SMILES string of the molecule is C1=Cc2cc3c(cc2NC1)Cc1cc2c(cc1-3)C=CCN2. The summed E-state index contributed by atoms with van der Waals surface area (Å²) in [6, 6.07) is 9.34. The first kappa shape index (κ1) is 11.2. The van der Waals surface area contributed by atoms with E-state index in [-0.39, 0.29) is 0 Å². The van der Waals surface area contributed by atoms with E-state index in [1.54, 1.807) is 0 Å². The minimum atomic E-state index is 0.932.